The number of sulfonamides is 1. The number of nitrogens with one attached hydrogen (secondary N) is 1. The molecule has 0 bridgehead atoms. The van der Waals surface area contributed by atoms with Crippen LogP contribution >= 0.6 is 0 Å². The standard InChI is InChI=1S/C21H21F3N2O4S/c1-14(27)15-8-10-18(11-9-15)31(29,30)26-12-3-2-7-19(26)20(28)25-17-6-4-5-16(13-17)21(22,23)24/h4-6,8-11,13,19H,2-3,7,12H2,1H3,(H,25,28)/t19-/m1/s1. The maximum absolute atomic E-state index is 13.1. The number of piperidine rings is 1. The third kappa shape index (κ3) is 5.13. The average molecular weight is 454 g/mol. The molecule has 3 rings (SSSR count). The molecule has 1 atom stereocenters. The van der Waals surface area contributed by atoms with Gasteiger partial charge in [-0.05, 0) is 50.1 Å². The van der Waals surface area contributed by atoms with Crippen molar-refractivity contribution in [1.29, 1.82) is 0 Å². The van der Waals surface area contributed by atoms with Gasteiger partial charge in [0.25, 0.3) is 0 Å². The van der Waals surface area contributed by atoms with E-state index in [9.17, 15) is 31.2 Å². The van der Waals surface area contributed by atoms with E-state index in [1.165, 1.54) is 43.3 Å². The second-order valence-corrected chi connectivity index (χ2v) is 9.17. The first-order valence-electron chi connectivity index (χ1n) is 9.61. The van der Waals surface area contributed by atoms with Gasteiger partial charge in [-0.2, -0.15) is 17.5 Å². The fraction of sp³-hybridized carbons (Fsp3) is 0.333. The molecule has 10 heteroatoms. The Bertz CT molecular complexity index is 1080. The summed E-state index contributed by atoms with van der Waals surface area (Å²) in [7, 11) is -4.04. The van der Waals surface area contributed by atoms with Gasteiger partial charge < -0.3 is 5.32 Å². The molecule has 1 aliphatic heterocycles. The van der Waals surface area contributed by atoms with Crippen LogP contribution in [0.2, 0.25) is 0 Å². The number of halogens is 3. The summed E-state index contributed by atoms with van der Waals surface area (Å²) < 4.78 is 66.1. The van der Waals surface area contributed by atoms with Gasteiger partial charge in [0, 0.05) is 17.8 Å². The van der Waals surface area contributed by atoms with Gasteiger partial charge in [-0.1, -0.05) is 24.6 Å². The second-order valence-electron chi connectivity index (χ2n) is 7.28. The van der Waals surface area contributed by atoms with Crippen molar-refractivity contribution in [2.24, 2.45) is 0 Å². The van der Waals surface area contributed by atoms with Crippen LogP contribution in [0.3, 0.4) is 0 Å². The summed E-state index contributed by atoms with van der Waals surface area (Å²) in [5.74, 6) is -0.900. The molecule has 31 heavy (non-hydrogen) atoms. The first-order valence-corrected chi connectivity index (χ1v) is 11.0. The first-order chi connectivity index (χ1) is 14.5. The van der Waals surface area contributed by atoms with Crippen molar-refractivity contribution in [3.8, 4) is 0 Å². The molecule has 2 aromatic carbocycles. The zero-order chi connectivity index (χ0) is 22.8. The zero-order valence-corrected chi connectivity index (χ0v) is 17.5. The van der Waals surface area contributed by atoms with E-state index < -0.39 is 33.7 Å². The number of carbonyl (C=O) groups is 2. The molecule has 0 saturated carbocycles. The van der Waals surface area contributed by atoms with Gasteiger partial charge in [-0.3, -0.25) is 9.59 Å². The van der Waals surface area contributed by atoms with Crippen LogP contribution in [0.25, 0.3) is 0 Å². The van der Waals surface area contributed by atoms with Crippen LogP contribution < -0.4 is 5.32 Å². The summed E-state index contributed by atoms with van der Waals surface area (Å²) in [6.45, 7) is 1.47. The number of hydrogen-bond acceptors (Lipinski definition) is 4. The van der Waals surface area contributed by atoms with Gasteiger partial charge in [0.2, 0.25) is 15.9 Å². The number of anilines is 1. The third-order valence-corrected chi connectivity index (χ3v) is 7.00. The molecule has 1 fully saturated rings. The Kier molecular flexibility index (Phi) is 6.51. The smallest absolute Gasteiger partial charge is 0.325 e. The van der Waals surface area contributed by atoms with Gasteiger partial charge in [-0.15, -0.1) is 0 Å². The number of carbonyl (C=O) groups excluding carboxylic acids is 2. The van der Waals surface area contributed by atoms with Crippen molar-refractivity contribution in [2.75, 3.05) is 11.9 Å². The Morgan fingerprint density at radius 3 is 2.35 bits per heavy atom. The van der Waals surface area contributed by atoms with E-state index in [1.807, 2.05) is 0 Å². The molecule has 0 unspecified atom stereocenters. The van der Waals surface area contributed by atoms with E-state index >= 15 is 0 Å². The molecule has 1 amide bonds. The summed E-state index contributed by atoms with van der Waals surface area (Å²) in [4.78, 5) is 24.2. The van der Waals surface area contributed by atoms with Crippen LogP contribution in [0.4, 0.5) is 18.9 Å². The molecule has 1 N–H and O–H groups in total. The topological polar surface area (TPSA) is 83.6 Å². The number of benzene rings is 2. The van der Waals surface area contributed by atoms with Crippen LogP contribution in [-0.4, -0.2) is 37.0 Å². The lowest BCUT2D eigenvalue weighted by atomic mass is 10.0. The maximum Gasteiger partial charge on any atom is 0.416 e. The van der Waals surface area contributed by atoms with Crippen LogP contribution in [-0.2, 0) is 21.0 Å². The average Bonchev–Trinajstić information content (AvgIpc) is 2.73. The molecule has 0 radical (unpaired) electrons. The first kappa shape index (κ1) is 23.0. The number of rotatable bonds is 5. The van der Waals surface area contributed by atoms with Gasteiger partial charge in [0.1, 0.15) is 6.04 Å². The Morgan fingerprint density at radius 1 is 1.06 bits per heavy atom. The monoisotopic (exact) mass is 454 g/mol. The molecule has 6 nitrogen and oxygen atoms in total. The van der Waals surface area contributed by atoms with E-state index in [1.54, 1.807) is 0 Å². The minimum Gasteiger partial charge on any atom is -0.325 e. The lowest BCUT2D eigenvalue weighted by Gasteiger charge is -2.33. The van der Waals surface area contributed by atoms with Crippen molar-refractivity contribution in [1.82, 2.24) is 4.31 Å². The normalized spacial score (nSPS) is 17.9. The lowest BCUT2D eigenvalue weighted by molar-refractivity contribution is -0.137. The molecular formula is C21H21F3N2O4S. The predicted molar refractivity (Wildman–Crippen MR) is 108 cm³/mol. The molecule has 0 aliphatic carbocycles. The summed E-state index contributed by atoms with van der Waals surface area (Å²) in [5.41, 5.74) is -0.617. The van der Waals surface area contributed by atoms with Crippen molar-refractivity contribution in [2.45, 2.75) is 43.3 Å². The number of ketones is 1. The minimum atomic E-state index is -4.56. The second kappa shape index (κ2) is 8.80. The third-order valence-electron chi connectivity index (χ3n) is 5.08. The maximum atomic E-state index is 13.1. The van der Waals surface area contributed by atoms with Gasteiger partial charge >= 0.3 is 6.18 Å². The number of amides is 1. The van der Waals surface area contributed by atoms with Crippen molar-refractivity contribution in [3.05, 3.63) is 59.7 Å². The predicted octanol–water partition coefficient (Wildman–Crippen LogP) is 4.09. The highest BCUT2D eigenvalue weighted by molar-refractivity contribution is 7.89. The highest BCUT2D eigenvalue weighted by atomic mass is 32.2. The van der Waals surface area contributed by atoms with E-state index in [2.05, 4.69) is 5.32 Å². The SMILES string of the molecule is CC(=O)c1ccc(S(=O)(=O)N2CCCC[C@@H]2C(=O)Nc2cccc(C(F)(F)F)c2)cc1. The molecule has 0 spiro atoms. The van der Waals surface area contributed by atoms with E-state index in [0.29, 0.717) is 18.4 Å². The van der Waals surface area contributed by atoms with Crippen LogP contribution in [0.5, 0.6) is 0 Å². The molecule has 1 aliphatic rings. The van der Waals surface area contributed by atoms with Gasteiger partial charge in [-0.25, -0.2) is 8.42 Å². The van der Waals surface area contributed by atoms with Gasteiger partial charge in [0.15, 0.2) is 5.78 Å². The summed E-state index contributed by atoms with van der Waals surface area (Å²) in [6, 6.07) is 8.54. The fourth-order valence-electron chi connectivity index (χ4n) is 3.45. The minimum absolute atomic E-state index is 0.0590. The molecule has 166 valence electrons. The lowest BCUT2D eigenvalue weighted by Crippen LogP contribution is -2.49. The van der Waals surface area contributed by atoms with Crippen molar-refractivity contribution >= 4 is 27.4 Å². The number of alkyl halides is 3. The quantitative estimate of drug-likeness (QED) is 0.690. The largest absolute Gasteiger partial charge is 0.416 e. The van der Waals surface area contributed by atoms with Crippen molar-refractivity contribution in [3.63, 3.8) is 0 Å². The van der Waals surface area contributed by atoms with E-state index in [-0.39, 0.29) is 29.3 Å². The summed E-state index contributed by atoms with van der Waals surface area (Å²) in [6.07, 6.45) is -3.16. The van der Waals surface area contributed by atoms with E-state index in [0.717, 1.165) is 16.4 Å². The summed E-state index contributed by atoms with van der Waals surface area (Å²) in [5, 5.41) is 2.41. The van der Waals surface area contributed by atoms with E-state index in [4.69, 9.17) is 0 Å². The van der Waals surface area contributed by atoms with Crippen LogP contribution in [0, 0.1) is 0 Å². The molecule has 0 aromatic heterocycles. The Morgan fingerprint density at radius 2 is 1.74 bits per heavy atom. The number of nitrogens with zero attached hydrogens (tertiary/aromatic N) is 1. The zero-order valence-electron chi connectivity index (χ0n) is 16.6. The molecular weight excluding hydrogens is 433 g/mol. The molecule has 2 aromatic rings. The highest BCUT2D eigenvalue weighted by Gasteiger charge is 2.38. The van der Waals surface area contributed by atoms with Crippen molar-refractivity contribution < 1.29 is 31.2 Å². The highest BCUT2D eigenvalue weighted by Crippen LogP contribution is 2.31. The Labute approximate surface area is 178 Å². The summed E-state index contributed by atoms with van der Waals surface area (Å²) >= 11 is 0. The Hall–Kier alpha value is -2.72. The molecule has 1 saturated heterocycles. The van der Waals surface area contributed by atoms with Gasteiger partial charge in [0.05, 0.1) is 10.5 Å². The fourth-order valence-corrected chi connectivity index (χ4v) is 5.11. The molecule has 1 heterocycles. The van der Waals surface area contributed by atoms with Crippen LogP contribution in [0.1, 0.15) is 42.1 Å². The van der Waals surface area contributed by atoms with Crippen LogP contribution in [0.15, 0.2) is 53.4 Å². The number of hydrogen-bond donors (Lipinski definition) is 1. The number of Topliss-reactive ketones (excluding diaryl/α,β-unsaturated/α-hetero) is 1. The Balaban J connectivity index is 1.84.